The predicted octanol–water partition coefficient (Wildman–Crippen LogP) is 5.61. The minimum atomic E-state index is 0.411. The van der Waals surface area contributed by atoms with Gasteiger partial charge in [0.2, 0.25) is 0 Å². The van der Waals surface area contributed by atoms with Crippen LogP contribution in [0.1, 0.15) is 36.4 Å². The van der Waals surface area contributed by atoms with Gasteiger partial charge in [0.1, 0.15) is 23.3 Å². The van der Waals surface area contributed by atoms with E-state index in [2.05, 4.69) is 43.8 Å². The van der Waals surface area contributed by atoms with Gasteiger partial charge in [-0.05, 0) is 74.3 Å². The molecule has 8 heteroatoms. The van der Waals surface area contributed by atoms with Crippen molar-refractivity contribution < 1.29 is 4.74 Å². The van der Waals surface area contributed by atoms with Gasteiger partial charge < -0.3 is 19.9 Å². The molecule has 6 rings (SSSR count). The van der Waals surface area contributed by atoms with E-state index >= 15 is 0 Å². The van der Waals surface area contributed by atoms with Gasteiger partial charge in [0, 0.05) is 37.0 Å². The number of fused-ring (bicyclic) bond motifs is 2. The molecule has 5 aromatic rings. The van der Waals surface area contributed by atoms with Gasteiger partial charge in [-0.15, -0.1) is 0 Å². The molecule has 182 valence electrons. The molecule has 2 aromatic carbocycles. The van der Waals surface area contributed by atoms with E-state index in [1.54, 1.807) is 6.33 Å². The van der Waals surface area contributed by atoms with Crippen molar-refractivity contribution in [3.63, 3.8) is 0 Å². The van der Waals surface area contributed by atoms with Gasteiger partial charge in [-0.1, -0.05) is 6.42 Å². The van der Waals surface area contributed by atoms with Crippen molar-refractivity contribution in [3.8, 4) is 11.5 Å². The fraction of sp³-hybridized carbons (Fsp3) is 0.286. The Hall–Kier alpha value is -4.04. The molecule has 2 N–H and O–H groups in total. The van der Waals surface area contributed by atoms with E-state index in [4.69, 9.17) is 9.72 Å². The molecule has 36 heavy (non-hydrogen) atoms. The van der Waals surface area contributed by atoms with Crippen molar-refractivity contribution in [2.24, 2.45) is 7.05 Å². The largest absolute Gasteiger partial charge is 0.457 e. The quantitative estimate of drug-likeness (QED) is 0.338. The second kappa shape index (κ2) is 9.54. The number of nitrogens with one attached hydrogen (secondary N) is 2. The number of nitrogens with zero attached hydrogens (tertiary/aromatic N) is 5. The first-order chi connectivity index (χ1) is 17.6. The van der Waals surface area contributed by atoms with E-state index in [0.717, 1.165) is 70.0 Å². The standard InChI is InChI=1S/C28H29N7O/c1-18-13-20(6-11-26(18)36-21-7-10-25-24(14-21)32-17-35(25)2)33-28-27-23(30-16-31-28)9-8-22(34-27)19-5-3-4-12-29-15-19/h6-11,13-14,16-17,19,29H,3-5,12,15H2,1-2H3,(H,30,31,33)/t19-/m1/s1. The monoisotopic (exact) mass is 479 g/mol. The van der Waals surface area contributed by atoms with Gasteiger partial charge in [-0.3, -0.25) is 0 Å². The highest BCUT2D eigenvalue weighted by Crippen LogP contribution is 2.31. The van der Waals surface area contributed by atoms with E-state index in [-0.39, 0.29) is 0 Å². The van der Waals surface area contributed by atoms with Gasteiger partial charge in [-0.2, -0.15) is 0 Å². The van der Waals surface area contributed by atoms with Gasteiger partial charge in [0.05, 0.1) is 22.9 Å². The topological polar surface area (TPSA) is 89.8 Å². The van der Waals surface area contributed by atoms with Crippen LogP contribution in [0.4, 0.5) is 11.5 Å². The maximum atomic E-state index is 6.17. The number of pyridine rings is 1. The number of imidazole rings is 1. The lowest BCUT2D eigenvalue weighted by Gasteiger charge is -2.15. The molecule has 8 nitrogen and oxygen atoms in total. The number of aromatic nitrogens is 5. The summed E-state index contributed by atoms with van der Waals surface area (Å²) in [6.45, 7) is 4.08. The highest BCUT2D eigenvalue weighted by Gasteiger charge is 2.17. The molecule has 0 spiro atoms. The Morgan fingerprint density at radius 2 is 1.94 bits per heavy atom. The van der Waals surface area contributed by atoms with E-state index in [0.29, 0.717) is 11.7 Å². The Labute approximate surface area is 209 Å². The summed E-state index contributed by atoms with van der Waals surface area (Å²) < 4.78 is 8.17. The summed E-state index contributed by atoms with van der Waals surface area (Å²) >= 11 is 0. The smallest absolute Gasteiger partial charge is 0.160 e. The lowest BCUT2D eigenvalue weighted by atomic mass is 9.99. The molecule has 1 atom stereocenters. The Kier molecular flexibility index (Phi) is 5.95. The van der Waals surface area contributed by atoms with Crippen LogP contribution >= 0.6 is 0 Å². The molecule has 1 fully saturated rings. The minimum Gasteiger partial charge on any atom is -0.457 e. The first-order valence-electron chi connectivity index (χ1n) is 12.4. The highest BCUT2D eigenvalue weighted by atomic mass is 16.5. The summed E-state index contributed by atoms with van der Waals surface area (Å²) in [4.78, 5) is 18.4. The molecule has 4 heterocycles. The van der Waals surface area contributed by atoms with E-state index in [1.807, 2.05) is 55.2 Å². The number of rotatable bonds is 5. The van der Waals surface area contributed by atoms with E-state index in [1.165, 1.54) is 12.8 Å². The third-order valence-corrected chi connectivity index (χ3v) is 6.83. The maximum absolute atomic E-state index is 6.17. The van der Waals surface area contributed by atoms with Crippen LogP contribution < -0.4 is 15.4 Å². The summed E-state index contributed by atoms with van der Waals surface area (Å²) in [7, 11) is 1.98. The maximum Gasteiger partial charge on any atom is 0.160 e. The predicted molar refractivity (Wildman–Crippen MR) is 142 cm³/mol. The molecular formula is C28H29N7O. The fourth-order valence-corrected chi connectivity index (χ4v) is 4.83. The van der Waals surface area contributed by atoms with E-state index < -0.39 is 0 Å². The average molecular weight is 480 g/mol. The van der Waals surface area contributed by atoms with E-state index in [9.17, 15) is 0 Å². The molecule has 1 saturated heterocycles. The number of benzene rings is 2. The molecule has 0 amide bonds. The normalized spacial score (nSPS) is 16.2. The van der Waals surface area contributed by atoms with Crippen molar-refractivity contribution in [1.29, 1.82) is 0 Å². The second-order valence-electron chi connectivity index (χ2n) is 9.44. The molecule has 1 aliphatic heterocycles. The van der Waals surface area contributed by atoms with Gasteiger partial charge in [0.25, 0.3) is 0 Å². The van der Waals surface area contributed by atoms with Crippen molar-refractivity contribution in [2.45, 2.75) is 32.1 Å². The van der Waals surface area contributed by atoms with Crippen molar-refractivity contribution >= 4 is 33.6 Å². The highest BCUT2D eigenvalue weighted by molar-refractivity contribution is 5.87. The average Bonchev–Trinajstić information content (AvgIpc) is 3.07. The Bertz CT molecular complexity index is 1540. The van der Waals surface area contributed by atoms with Gasteiger partial charge >= 0.3 is 0 Å². The number of ether oxygens (including phenoxy) is 1. The summed E-state index contributed by atoms with van der Waals surface area (Å²) in [6, 6.07) is 16.1. The van der Waals surface area contributed by atoms with Crippen LogP contribution in [-0.2, 0) is 7.05 Å². The zero-order chi connectivity index (χ0) is 24.5. The zero-order valence-electron chi connectivity index (χ0n) is 20.5. The number of aryl methyl sites for hydroxylation is 2. The Balaban J connectivity index is 1.24. The van der Waals surface area contributed by atoms with Crippen LogP contribution in [-0.4, -0.2) is 37.6 Å². The van der Waals surface area contributed by atoms with Crippen molar-refractivity contribution in [1.82, 2.24) is 29.8 Å². The van der Waals surface area contributed by atoms with Crippen molar-refractivity contribution in [3.05, 3.63) is 72.4 Å². The molecule has 0 aliphatic carbocycles. The first kappa shape index (κ1) is 22.4. The molecule has 1 aliphatic rings. The second-order valence-corrected chi connectivity index (χ2v) is 9.44. The van der Waals surface area contributed by atoms with Crippen LogP contribution in [0.15, 0.2) is 61.2 Å². The summed E-state index contributed by atoms with van der Waals surface area (Å²) in [5, 5.41) is 6.98. The number of hydrogen-bond donors (Lipinski definition) is 2. The summed E-state index contributed by atoms with van der Waals surface area (Å²) in [5.41, 5.74) is 6.64. The minimum absolute atomic E-state index is 0.411. The van der Waals surface area contributed by atoms with Gasteiger partial charge in [-0.25, -0.2) is 19.9 Å². The summed E-state index contributed by atoms with van der Waals surface area (Å²) in [5.74, 6) is 2.67. The third kappa shape index (κ3) is 4.47. The van der Waals surface area contributed by atoms with Crippen molar-refractivity contribution in [2.75, 3.05) is 18.4 Å². The molecule has 0 unspecified atom stereocenters. The first-order valence-corrected chi connectivity index (χ1v) is 12.4. The summed E-state index contributed by atoms with van der Waals surface area (Å²) in [6.07, 6.45) is 6.98. The van der Waals surface area contributed by atoms with Crippen LogP contribution in [0.2, 0.25) is 0 Å². The zero-order valence-corrected chi connectivity index (χ0v) is 20.5. The van der Waals surface area contributed by atoms with Crippen LogP contribution in [0.3, 0.4) is 0 Å². The third-order valence-electron chi connectivity index (χ3n) is 6.83. The lowest BCUT2D eigenvalue weighted by Crippen LogP contribution is -2.20. The van der Waals surface area contributed by atoms with Crippen LogP contribution in [0, 0.1) is 6.92 Å². The SMILES string of the molecule is Cc1cc(Nc2ncnc3ccc([C@@H]4CCCCNC4)nc23)ccc1Oc1ccc2c(c1)ncn2C. The molecule has 0 radical (unpaired) electrons. The Morgan fingerprint density at radius 3 is 2.86 bits per heavy atom. The lowest BCUT2D eigenvalue weighted by molar-refractivity contribution is 0.479. The number of anilines is 2. The molecule has 3 aromatic heterocycles. The van der Waals surface area contributed by atoms with Crippen LogP contribution in [0.5, 0.6) is 11.5 Å². The van der Waals surface area contributed by atoms with Gasteiger partial charge in [0.15, 0.2) is 5.82 Å². The number of hydrogen-bond acceptors (Lipinski definition) is 7. The molecular weight excluding hydrogens is 450 g/mol. The van der Waals surface area contributed by atoms with Crippen LogP contribution in [0.25, 0.3) is 22.1 Å². The molecule has 0 saturated carbocycles. The molecule has 0 bridgehead atoms. The fourth-order valence-electron chi connectivity index (χ4n) is 4.83. The Morgan fingerprint density at radius 1 is 1.00 bits per heavy atom.